The molecule has 146 valence electrons. The summed E-state index contributed by atoms with van der Waals surface area (Å²) < 4.78 is 5.84. The first kappa shape index (κ1) is 22.5. The minimum absolute atomic E-state index is 0. The molecule has 0 bridgehead atoms. The van der Waals surface area contributed by atoms with E-state index in [-0.39, 0.29) is 36.0 Å². The van der Waals surface area contributed by atoms with E-state index in [0.29, 0.717) is 13.0 Å². The Hall–Kier alpha value is -1.51. The maximum absolute atomic E-state index is 11.6. The molecule has 0 radical (unpaired) electrons. The molecule has 1 saturated heterocycles. The number of guanidine groups is 1. The van der Waals surface area contributed by atoms with Crippen molar-refractivity contribution in [2.75, 3.05) is 32.7 Å². The highest BCUT2D eigenvalue weighted by molar-refractivity contribution is 14.0. The predicted octanol–water partition coefficient (Wildman–Crippen LogP) is 2.64. The zero-order valence-corrected chi connectivity index (χ0v) is 18.1. The van der Waals surface area contributed by atoms with Crippen LogP contribution in [0.25, 0.3) is 0 Å². The van der Waals surface area contributed by atoms with Crippen molar-refractivity contribution in [2.45, 2.75) is 39.2 Å². The molecule has 0 spiro atoms. The summed E-state index contributed by atoms with van der Waals surface area (Å²) in [7, 11) is 0. The number of ether oxygens (including phenoxy) is 1. The largest absolute Gasteiger partial charge is 0.489 e. The Kier molecular flexibility index (Phi) is 11.1. The second-order valence-electron chi connectivity index (χ2n) is 6.23. The van der Waals surface area contributed by atoms with E-state index in [0.717, 1.165) is 50.7 Å². The van der Waals surface area contributed by atoms with E-state index in [4.69, 9.17) is 4.74 Å². The fraction of sp³-hybridized carbons (Fsp3) is 0.579. The van der Waals surface area contributed by atoms with Gasteiger partial charge >= 0.3 is 0 Å². The minimum atomic E-state index is 0. The van der Waals surface area contributed by atoms with E-state index in [1.54, 1.807) is 0 Å². The molecule has 1 unspecified atom stereocenters. The van der Waals surface area contributed by atoms with Gasteiger partial charge in [-0.2, -0.15) is 0 Å². The number of benzene rings is 1. The quantitative estimate of drug-likeness (QED) is 0.250. The van der Waals surface area contributed by atoms with Gasteiger partial charge in [0.05, 0.1) is 6.54 Å². The summed E-state index contributed by atoms with van der Waals surface area (Å²) in [6.07, 6.45) is 2.62. The first-order valence-electron chi connectivity index (χ1n) is 9.20. The second kappa shape index (κ2) is 12.8. The van der Waals surface area contributed by atoms with E-state index in [1.165, 1.54) is 0 Å². The lowest BCUT2D eigenvalue weighted by Crippen LogP contribution is -2.39. The highest BCUT2D eigenvalue weighted by Crippen LogP contribution is 2.11. The van der Waals surface area contributed by atoms with Crippen LogP contribution in [0.5, 0.6) is 5.75 Å². The smallest absolute Gasteiger partial charge is 0.222 e. The van der Waals surface area contributed by atoms with Crippen LogP contribution in [0, 0.1) is 0 Å². The third-order valence-electron chi connectivity index (χ3n) is 4.00. The third kappa shape index (κ3) is 8.25. The number of likely N-dealkylation sites (tertiary alicyclic amines) is 1. The Bertz CT molecular complexity index is 554. The van der Waals surface area contributed by atoms with Crippen LogP contribution < -0.4 is 15.4 Å². The summed E-state index contributed by atoms with van der Waals surface area (Å²) in [5.74, 6) is 1.93. The molecule has 26 heavy (non-hydrogen) atoms. The highest BCUT2D eigenvalue weighted by atomic mass is 127. The Morgan fingerprint density at radius 3 is 2.73 bits per heavy atom. The Balaban J connectivity index is 0.00000338. The van der Waals surface area contributed by atoms with Gasteiger partial charge < -0.3 is 20.3 Å². The molecule has 6 nitrogen and oxygen atoms in total. The molecule has 1 fully saturated rings. The normalized spacial score (nSPS) is 15.4. The molecule has 1 aromatic rings. The lowest BCUT2D eigenvalue weighted by Gasteiger charge is -2.17. The van der Waals surface area contributed by atoms with E-state index in [1.807, 2.05) is 49.1 Å². The minimum Gasteiger partial charge on any atom is -0.489 e. The zero-order chi connectivity index (χ0) is 17.9. The number of hydrogen-bond donors (Lipinski definition) is 2. The number of amides is 1. The van der Waals surface area contributed by atoms with Crippen molar-refractivity contribution in [2.24, 2.45) is 4.99 Å². The number of aliphatic imine (C=N–C) groups is 1. The van der Waals surface area contributed by atoms with Crippen LogP contribution in [0.2, 0.25) is 0 Å². The van der Waals surface area contributed by atoms with Gasteiger partial charge in [-0.3, -0.25) is 4.79 Å². The highest BCUT2D eigenvalue weighted by Gasteiger charge is 2.18. The third-order valence-corrected chi connectivity index (χ3v) is 4.00. The molecular weight excluding hydrogens is 443 g/mol. The van der Waals surface area contributed by atoms with E-state index >= 15 is 0 Å². The number of carbonyl (C=O) groups is 1. The number of hydrogen-bond acceptors (Lipinski definition) is 3. The van der Waals surface area contributed by atoms with Crippen LogP contribution >= 0.6 is 24.0 Å². The average Bonchev–Trinajstić information content (AvgIpc) is 3.02. The Morgan fingerprint density at radius 1 is 1.31 bits per heavy atom. The van der Waals surface area contributed by atoms with Crippen molar-refractivity contribution >= 4 is 35.8 Å². The average molecular weight is 474 g/mol. The number of nitrogens with zero attached hydrogens (tertiary/aromatic N) is 2. The lowest BCUT2D eigenvalue weighted by atomic mass is 10.3. The number of rotatable bonds is 9. The standard InChI is InChI=1S/C19H30N4O2.HI/c1-3-20-19(21-12-8-14-23-13-7-11-18(23)24)22-15-16(2)25-17-9-5-4-6-10-17;/h4-6,9-10,16H,3,7-8,11-15H2,1-2H3,(H2,20,21,22);1H. The summed E-state index contributed by atoms with van der Waals surface area (Å²) in [6, 6.07) is 9.79. The van der Waals surface area contributed by atoms with E-state index < -0.39 is 0 Å². The number of para-hydroxylation sites is 1. The molecule has 1 aromatic carbocycles. The van der Waals surface area contributed by atoms with Crippen molar-refractivity contribution in [1.29, 1.82) is 0 Å². The van der Waals surface area contributed by atoms with Crippen molar-refractivity contribution in [3.05, 3.63) is 30.3 Å². The lowest BCUT2D eigenvalue weighted by molar-refractivity contribution is -0.127. The van der Waals surface area contributed by atoms with Crippen LogP contribution in [0.4, 0.5) is 0 Å². The summed E-state index contributed by atoms with van der Waals surface area (Å²) >= 11 is 0. The molecule has 2 N–H and O–H groups in total. The molecular formula is C19H31IN4O2. The van der Waals surface area contributed by atoms with E-state index in [9.17, 15) is 4.79 Å². The summed E-state index contributed by atoms with van der Waals surface area (Å²) in [6.45, 7) is 7.96. The van der Waals surface area contributed by atoms with Gasteiger partial charge in [0, 0.05) is 32.6 Å². The molecule has 1 heterocycles. The van der Waals surface area contributed by atoms with Gasteiger partial charge in [-0.1, -0.05) is 18.2 Å². The van der Waals surface area contributed by atoms with Crippen LogP contribution in [-0.4, -0.2) is 55.6 Å². The maximum Gasteiger partial charge on any atom is 0.222 e. The Labute approximate surface area is 173 Å². The fourth-order valence-electron chi connectivity index (χ4n) is 2.75. The first-order valence-corrected chi connectivity index (χ1v) is 9.20. The molecule has 0 aromatic heterocycles. The van der Waals surface area contributed by atoms with Gasteiger partial charge in [0.25, 0.3) is 0 Å². The maximum atomic E-state index is 11.6. The second-order valence-corrected chi connectivity index (χ2v) is 6.23. The van der Waals surface area contributed by atoms with Crippen LogP contribution in [-0.2, 0) is 4.79 Å². The molecule has 2 rings (SSSR count). The van der Waals surface area contributed by atoms with Gasteiger partial charge in [0.1, 0.15) is 11.9 Å². The molecule has 1 aliphatic heterocycles. The molecule has 1 amide bonds. The zero-order valence-electron chi connectivity index (χ0n) is 15.7. The first-order chi connectivity index (χ1) is 12.2. The number of halogens is 1. The summed E-state index contributed by atoms with van der Waals surface area (Å²) in [5, 5.41) is 6.57. The van der Waals surface area contributed by atoms with Crippen molar-refractivity contribution < 1.29 is 9.53 Å². The van der Waals surface area contributed by atoms with Gasteiger partial charge in [-0.05, 0) is 38.8 Å². The van der Waals surface area contributed by atoms with Crippen molar-refractivity contribution in [3.8, 4) is 5.75 Å². The number of nitrogens with one attached hydrogen (secondary N) is 2. The fourth-order valence-corrected chi connectivity index (χ4v) is 2.75. The van der Waals surface area contributed by atoms with Crippen LogP contribution in [0.3, 0.4) is 0 Å². The molecule has 7 heteroatoms. The van der Waals surface area contributed by atoms with Gasteiger partial charge in [0.2, 0.25) is 5.91 Å². The molecule has 0 saturated carbocycles. The monoisotopic (exact) mass is 474 g/mol. The predicted molar refractivity (Wildman–Crippen MR) is 116 cm³/mol. The topological polar surface area (TPSA) is 66.0 Å². The Morgan fingerprint density at radius 2 is 2.08 bits per heavy atom. The summed E-state index contributed by atoms with van der Waals surface area (Å²) in [5.41, 5.74) is 0. The van der Waals surface area contributed by atoms with Crippen molar-refractivity contribution in [1.82, 2.24) is 15.5 Å². The van der Waals surface area contributed by atoms with E-state index in [2.05, 4.69) is 15.6 Å². The van der Waals surface area contributed by atoms with Gasteiger partial charge in [0.15, 0.2) is 5.96 Å². The SMILES string of the molecule is CCNC(=NCC(C)Oc1ccccc1)NCCCN1CCCC1=O.I. The molecule has 1 aliphatic rings. The van der Waals surface area contributed by atoms with Crippen LogP contribution in [0.15, 0.2) is 35.3 Å². The molecule has 1 atom stereocenters. The molecule has 0 aliphatic carbocycles. The van der Waals surface area contributed by atoms with Crippen LogP contribution in [0.1, 0.15) is 33.1 Å². The summed E-state index contributed by atoms with van der Waals surface area (Å²) in [4.78, 5) is 18.1. The van der Waals surface area contributed by atoms with Gasteiger partial charge in [-0.25, -0.2) is 4.99 Å². The van der Waals surface area contributed by atoms with Crippen molar-refractivity contribution in [3.63, 3.8) is 0 Å². The van der Waals surface area contributed by atoms with Gasteiger partial charge in [-0.15, -0.1) is 24.0 Å². The number of carbonyl (C=O) groups excluding carboxylic acids is 1.